The van der Waals surface area contributed by atoms with E-state index in [9.17, 15) is 13.2 Å². The van der Waals surface area contributed by atoms with Crippen LogP contribution in [0.2, 0.25) is 0 Å². The first-order valence-corrected chi connectivity index (χ1v) is 6.70. The van der Waals surface area contributed by atoms with E-state index in [1.165, 1.54) is 25.5 Å². The van der Waals surface area contributed by atoms with Crippen LogP contribution in [0.1, 0.15) is 5.56 Å². The summed E-state index contributed by atoms with van der Waals surface area (Å²) in [5.41, 5.74) is 0.460. The minimum Gasteiger partial charge on any atom is -0.388 e. The molecule has 0 fully saturated rings. The molecule has 0 amide bonds. The molecule has 0 saturated heterocycles. The molecule has 0 aliphatic carbocycles. The van der Waals surface area contributed by atoms with E-state index in [4.69, 9.17) is 5.11 Å². The van der Waals surface area contributed by atoms with Crippen molar-refractivity contribution in [3.05, 3.63) is 41.9 Å². The molecule has 0 aromatic carbocycles. The third-order valence-electron chi connectivity index (χ3n) is 2.56. The van der Waals surface area contributed by atoms with Crippen molar-refractivity contribution in [2.24, 2.45) is 4.40 Å². The maximum absolute atomic E-state index is 11.8. The average molecular weight is 281 g/mol. The van der Waals surface area contributed by atoms with Gasteiger partial charge in [0.15, 0.2) is 0 Å². The number of allylic oxidation sites excluding steroid dienone is 1. The molecule has 0 bridgehead atoms. The lowest BCUT2D eigenvalue weighted by atomic mass is 10.1. The number of carbonyl (C=O) groups excluding carboxylic acids is 1. The van der Waals surface area contributed by atoms with Crippen LogP contribution in [0.25, 0.3) is 0 Å². The highest BCUT2D eigenvalue weighted by Crippen LogP contribution is 2.19. The maximum Gasteiger partial charge on any atom is 0.345 e. The number of aliphatic hydroxyl groups is 1. The third-order valence-corrected chi connectivity index (χ3v) is 3.88. The molecular weight excluding hydrogens is 270 g/mol. The van der Waals surface area contributed by atoms with E-state index in [0.29, 0.717) is 5.56 Å². The van der Waals surface area contributed by atoms with Crippen LogP contribution >= 0.6 is 0 Å². The normalized spacial score (nSPS) is 17.7. The lowest BCUT2D eigenvalue weighted by Gasteiger charge is -2.22. The number of pyridine rings is 1. The number of hydrogen-bond acceptors (Lipinski definition) is 5. The number of rotatable bonds is 3. The molecule has 0 radical (unpaired) electrons. The van der Waals surface area contributed by atoms with Crippen LogP contribution in [0.15, 0.2) is 40.7 Å². The van der Waals surface area contributed by atoms with Gasteiger partial charge in [0.05, 0.1) is 5.71 Å². The Morgan fingerprint density at radius 3 is 2.79 bits per heavy atom. The van der Waals surface area contributed by atoms with Crippen LogP contribution in [-0.2, 0) is 15.0 Å². The fourth-order valence-electron chi connectivity index (χ4n) is 1.54. The van der Waals surface area contributed by atoms with Crippen molar-refractivity contribution in [1.82, 2.24) is 9.29 Å². The van der Waals surface area contributed by atoms with E-state index in [-0.39, 0.29) is 11.4 Å². The SMILES string of the molecule is CN1C(C(=O)CO)=CC(c2cccnc2)=NS1(=O)=O. The van der Waals surface area contributed by atoms with Gasteiger partial charge >= 0.3 is 10.2 Å². The molecule has 0 unspecified atom stereocenters. The first kappa shape index (κ1) is 13.4. The second kappa shape index (κ2) is 4.90. The molecule has 1 aliphatic heterocycles. The van der Waals surface area contributed by atoms with Crippen LogP contribution in [0, 0.1) is 0 Å². The minimum absolute atomic E-state index is 0.114. The molecular formula is C11H11N3O4S. The van der Waals surface area contributed by atoms with Crippen LogP contribution in [-0.4, -0.2) is 48.0 Å². The maximum atomic E-state index is 11.8. The number of carbonyl (C=O) groups is 1. The van der Waals surface area contributed by atoms with Gasteiger partial charge in [-0.1, -0.05) is 0 Å². The van der Waals surface area contributed by atoms with Gasteiger partial charge < -0.3 is 5.11 Å². The van der Waals surface area contributed by atoms with E-state index in [2.05, 4.69) is 9.38 Å². The van der Waals surface area contributed by atoms with Crippen molar-refractivity contribution in [1.29, 1.82) is 0 Å². The van der Waals surface area contributed by atoms with Crippen molar-refractivity contribution in [3.8, 4) is 0 Å². The summed E-state index contributed by atoms with van der Waals surface area (Å²) in [7, 11) is -2.76. The molecule has 100 valence electrons. The summed E-state index contributed by atoms with van der Waals surface area (Å²) in [6.45, 7) is -0.772. The number of ketones is 1. The van der Waals surface area contributed by atoms with Gasteiger partial charge in [0.2, 0.25) is 5.78 Å². The molecule has 0 saturated carbocycles. The zero-order valence-corrected chi connectivity index (χ0v) is 10.8. The Kier molecular flexibility index (Phi) is 3.45. The number of aliphatic hydroxyl groups excluding tert-OH is 1. The van der Waals surface area contributed by atoms with E-state index < -0.39 is 22.6 Å². The summed E-state index contributed by atoms with van der Waals surface area (Å²) in [6.07, 6.45) is 4.30. The lowest BCUT2D eigenvalue weighted by molar-refractivity contribution is -0.119. The Labute approximate surface area is 110 Å². The quantitative estimate of drug-likeness (QED) is 0.805. The van der Waals surface area contributed by atoms with Gasteiger partial charge in [0.1, 0.15) is 12.3 Å². The Bertz CT molecular complexity index is 664. The first-order valence-electron chi connectivity index (χ1n) is 5.30. The molecule has 2 heterocycles. The monoisotopic (exact) mass is 281 g/mol. The molecule has 0 spiro atoms. The van der Waals surface area contributed by atoms with Crippen molar-refractivity contribution in [2.45, 2.75) is 0 Å². The minimum atomic E-state index is -3.97. The second-order valence-electron chi connectivity index (χ2n) is 3.77. The molecule has 1 aromatic rings. The van der Waals surface area contributed by atoms with Crippen molar-refractivity contribution in [3.63, 3.8) is 0 Å². The van der Waals surface area contributed by atoms with E-state index in [1.54, 1.807) is 12.1 Å². The summed E-state index contributed by atoms with van der Waals surface area (Å²) in [4.78, 5) is 15.4. The molecule has 19 heavy (non-hydrogen) atoms. The highest BCUT2D eigenvalue weighted by Gasteiger charge is 2.29. The Balaban J connectivity index is 2.56. The van der Waals surface area contributed by atoms with Gasteiger partial charge in [-0.2, -0.15) is 8.42 Å². The fourth-order valence-corrected chi connectivity index (χ4v) is 2.48. The number of aromatic nitrogens is 1. The van der Waals surface area contributed by atoms with Crippen LogP contribution < -0.4 is 0 Å². The zero-order chi connectivity index (χ0) is 14.0. The van der Waals surface area contributed by atoms with Gasteiger partial charge in [0, 0.05) is 25.0 Å². The van der Waals surface area contributed by atoms with Crippen LogP contribution in [0.4, 0.5) is 0 Å². The predicted molar refractivity (Wildman–Crippen MR) is 67.6 cm³/mol. The number of Topliss-reactive ketones (excluding diaryl/α,β-unsaturated/α-hetero) is 1. The second-order valence-corrected chi connectivity index (χ2v) is 5.40. The highest BCUT2D eigenvalue weighted by atomic mass is 32.2. The standard InChI is InChI=1S/C11H11N3O4S/c1-14-10(11(16)7-15)5-9(13-19(14,17)18)8-3-2-4-12-6-8/h2-6,15H,7H2,1H3. The topological polar surface area (TPSA) is 99.9 Å². The van der Waals surface area contributed by atoms with Gasteiger partial charge in [-0.15, -0.1) is 4.40 Å². The Morgan fingerprint density at radius 1 is 1.47 bits per heavy atom. The van der Waals surface area contributed by atoms with E-state index in [0.717, 1.165) is 4.31 Å². The molecule has 2 rings (SSSR count). The molecule has 7 nitrogen and oxygen atoms in total. The molecule has 8 heteroatoms. The van der Waals surface area contributed by atoms with Crippen molar-refractivity contribution in [2.75, 3.05) is 13.7 Å². The fraction of sp³-hybridized carbons (Fsp3) is 0.182. The van der Waals surface area contributed by atoms with Gasteiger partial charge in [-0.3, -0.25) is 14.1 Å². The van der Waals surface area contributed by atoms with Crippen LogP contribution in [0.5, 0.6) is 0 Å². The zero-order valence-electron chi connectivity index (χ0n) is 10.0. The molecule has 1 aromatic heterocycles. The summed E-state index contributed by atoms with van der Waals surface area (Å²) < 4.78 is 28.0. The van der Waals surface area contributed by atoms with Gasteiger partial charge in [-0.25, -0.2) is 0 Å². The average Bonchev–Trinajstić information content (AvgIpc) is 2.41. The highest BCUT2D eigenvalue weighted by molar-refractivity contribution is 7.88. The summed E-state index contributed by atoms with van der Waals surface area (Å²) in [6, 6.07) is 3.26. The first-order chi connectivity index (χ1) is 8.95. The lowest BCUT2D eigenvalue weighted by Crippen LogP contribution is -2.34. The predicted octanol–water partition coefficient (Wildman–Crippen LogP) is -0.494. The summed E-state index contributed by atoms with van der Waals surface area (Å²) in [5.74, 6) is -0.692. The van der Waals surface area contributed by atoms with Crippen molar-refractivity contribution >= 4 is 21.7 Å². The number of hydrogen-bond donors (Lipinski definition) is 1. The third kappa shape index (κ3) is 2.54. The largest absolute Gasteiger partial charge is 0.388 e. The molecule has 0 atom stereocenters. The van der Waals surface area contributed by atoms with Crippen molar-refractivity contribution < 1.29 is 18.3 Å². The van der Waals surface area contributed by atoms with E-state index in [1.807, 2.05) is 0 Å². The number of nitrogens with zero attached hydrogens (tertiary/aromatic N) is 3. The van der Waals surface area contributed by atoms with Crippen LogP contribution in [0.3, 0.4) is 0 Å². The van der Waals surface area contributed by atoms with Gasteiger partial charge in [0.25, 0.3) is 0 Å². The Morgan fingerprint density at radius 2 is 2.21 bits per heavy atom. The molecule has 1 N–H and O–H groups in total. The summed E-state index contributed by atoms with van der Waals surface area (Å²) in [5, 5.41) is 8.87. The summed E-state index contributed by atoms with van der Waals surface area (Å²) >= 11 is 0. The van der Waals surface area contributed by atoms with Gasteiger partial charge in [-0.05, 0) is 18.2 Å². The molecule has 1 aliphatic rings. The van der Waals surface area contributed by atoms with E-state index >= 15 is 0 Å². The smallest absolute Gasteiger partial charge is 0.345 e. The number of likely N-dealkylation sites (N-methyl/N-ethyl adjacent to an activating group) is 1. The Hall–Kier alpha value is -2.06.